The van der Waals surface area contributed by atoms with Crippen molar-refractivity contribution < 1.29 is 4.74 Å². The molecule has 0 unspecified atom stereocenters. The van der Waals surface area contributed by atoms with E-state index in [2.05, 4.69) is 23.5 Å². The Bertz CT molecular complexity index is 918. The summed E-state index contributed by atoms with van der Waals surface area (Å²) in [7, 11) is 1.69. The number of aryl methyl sites for hydroxylation is 2. The van der Waals surface area contributed by atoms with Crippen molar-refractivity contribution in [3.05, 3.63) is 70.4 Å². The van der Waals surface area contributed by atoms with Gasteiger partial charge in [-0.1, -0.05) is 29.8 Å². The van der Waals surface area contributed by atoms with E-state index in [1.54, 1.807) is 7.11 Å². The van der Waals surface area contributed by atoms with Gasteiger partial charge in [0.15, 0.2) is 0 Å². The molecule has 0 fully saturated rings. The lowest BCUT2D eigenvalue weighted by atomic mass is 10.0. The van der Waals surface area contributed by atoms with Crippen molar-refractivity contribution in [2.45, 2.75) is 32.1 Å². The third-order valence-corrected chi connectivity index (χ3v) is 5.31. The first-order valence-electron chi connectivity index (χ1n) is 9.48. The van der Waals surface area contributed by atoms with Gasteiger partial charge in [-0.3, -0.25) is 0 Å². The number of rotatable bonds is 5. The number of nitrogens with one attached hydrogen (secondary N) is 1. The molecule has 4 nitrogen and oxygen atoms in total. The lowest BCUT2D eigenvalue weighted by Gasteiger charge is -2.09. The van der Waals surface area contributed by atoms with Crippen molar-refractivity contribution in [1.82, 2.24) is 9.78 Å². The van der Waals surface area contributed by atoms with Crippen LogP contribution in [0.4, 0.5) is 5.82 Å². The van der Waals surface area contributed by atoms with Crippen LogP contribution in [0.15, 0.2) is 48.5 Å². The topological polar surface area (TPSA) is 39.1 Å². The summed E-state index contributed by atoms with van der Waals surface area (Å²) >= 11 is 6.21. The van der Waals surface area contributed by atoms with E-state index in [9.17, 15) is 0 Å². The smallest absolute Gasteiger partial charge is 0.133 e. The van der Waals surface area contributed by atoms with Crippen molar-refractivity contribution in [3.63, 3.8) is 0 Å². The summed E-state index contributed by atoms with van der Waals surface area (Å²) in [5, 5.41) is 9.28. The van der Waals surface area contributed by atoms with Crippen molar-refractivity contribution in [3.8, 4) is 11.4 Å². The monoisotopic (exact) mass is 381 g/mol. The minimum absolute atomic E-state index is 0.727. The molecule has 0 aliphatic carbocycles. The second-order valence-electron chi connectivity index (χ2n) is 6.90. The van der Waals surface area contributed by atoms with Crippen LogP contribution < -0.4 is 10.1 Å². The predicted octanol–water partition coefficient (Wildman–Crippen LogP) is 5.07. The van der Waals surface area contributed by atoms with E-state index in [4.69, 9.17) is 21.4 Å². The average Bonchev–Trinajstić information content (AvgIpc) is 2.87. The molecule has 0 atom stereocenters. The molecule has 2 heterocycles. The van der Waals surface area contributed by atoms with Gasteiger partial charge in [-0.05, 0) is 68.0 Å². The number of aromatic nitrogens is 2. The second-order valence-corrected chi connectivity index (χ2v) is 7.33. The van der Waals surface area contributed by atoms with Crippen molar-refractivity contribution in [1.29, 1.82) is 0 Å². The number of methoxy groups -OCH3 is 1. The third-order valence-electron chi connectivity index (χ3n) is 5.08. The van der Waals surface area contributed by atoms with Crippen molar-refractivity contribution in [2.75, 3.05) is 19.0 Å². The highest BCUT2D eigenvalue weighted by atomic mass is 35.5. The van der Waals surface area contributed by atoms with E-state index >= 15 is 0 Å². The number of anilines is 1. The molecule has 0 saturated heterocycles. The molecule has 0 amide bonds. The van der Waals surface area contributed by atoms with E-state index in [1.165, 1.54) is 29.7 Å². The van der Waals surface area contributed by atoms with Crippen LogP contribution in [0.2, 0.25) is 5.02 Å². The number of fused-ring (bicyclic) bond motifs is 1. The van der Waals surface area contributed by atoms with Crippen LogP contribution in [0.5, 0.6) is 5.75 Å². The minimum atomic E-state index is 0.727. The Kier molecular flexibility index (Phi) is 5.35. The number of hydrogen-bond acceptors (Lipinski definition) is 3. The van der Waals surface area contributed by atoms with Crippen LogP contribution in [-0.2, 0) is 19.3 Å². The van der Waals surface area contributed by atoms with Crippen LogP contribution in [0.25, 0.3) is 5.69 Å². The number of nitrogens with zero attached hydrogens (tertiary/aromatic N) is 2. The highest BCUT2D eigenvalue weighted by Crippen LogP contribution is 2.29. The molecule has 1 N–H and O–H groups in total. The fourth-order valence-corrected chi connectivity index (χ4v) is 3.81. The van der Waals surface area contributed by atoms with Crippen LogP contribution in [-0.4, -0.2) is 23.4 Å². The molecule has 0 saturated carbocycles. The Morgan fingerprint density at radius 3 is 2.74 bits per heavy atom. The van der Waals surface area contributed by atoms with Gasteiger partial charge in [-0.2, -0.15) is 5.10 Å². The first-order valence-corrected chi connectivity index (χ1v) is 9.86. The van der Waals surface area contributed by atoms with Gasteiger partial charge >= 0.3 is 0 Å². The second kappa shape index (κ2) is 8.05. The maximum Gasteiger partial charge on any atom is 0.133 e. The van der Waals surface area contributed by atoms with E-state index in [1.807, 2.05) is 35.0 Å². The number of halogens is 1. The molecule has 1 aromatic heterocycles. The molecule has 27 heavy (non-hydrogen) atoms. The van der Waals surface area contributed by atoms with Crippen molar-refractivity contribution in [2.24, 2.45) is 0 Å². The summed E-state index contributed by atoms with van der Waals surface area (Å²) in [4.78, 5) is 0. The van der Waals surface area contributed by atoms with E-state index in [-0.39, 0.29) is 0 Å². The molecular weight excluding hydrogens is 358 g/mol. The summed E-state index contributed by atoms with van der Waals surface area (Å²) in [5.74, 6) is 2.02. The van der Waals surface area contributed by atoms with Gasteiger partial charge in [0.25, 0.3) is 0 Å². The Morgan fingerprint density at radius 2 is 1.96 bits per heavy atom. The molecule has 4 rings (SSSR count). The minimum Gasteiger partial charge on any atom is -0.497 e. The zero-order chi connectivity index (χ0) is 18.6. The van der Waals surface area contributed by atoms with Gasteiger partial charge in [0.2, 0.25) is 0 Å². The van der Waals surface area contributed by atoms with Crippen LogP contribution in [0.1, 0.15) is 29.7 Å². The summed E-state index contributed by atoms with van der Waals surface area (Å²) in [6, 6.07) is 16.2. The molecule has 5 heteroatoms. The maximum atomic E-state index is 6.21. The zero-order valence-corrected chi connectivity index (χ0v) is 16.3. The molecule has 140 valence electrons. The van der Waals surface area contributed by atoms with Gasteiger partial charge in [-0.15, -0.1) is 0 Å². The largest absolute Gasteiger partial charge is 0.497 e. The quantitative estimate of drug-likeness (QED) is 0.670. The molecule has 1 aliphatic rings. The van der Waals surface area contributed by atoms with Crippen molar-refractivity contribution >= 4 is 17.4 Å². The molecule has 0 spiro atoms. The van der Waals surface area contributed by atoms with Crippen LogP contribution in [0.3, 0.4) is 0 Å². The molecule has 3 aromatic rings. The van der Waals surface area contributed by atoms with Gasteiger partial charge in [0.05, 0.1) is 18.5 Å². The normalized spacial score (nSPS) is 13.6. The lowest BCUT2D eigenvalue weighted by molar-refractivity contribution is 0.414. The molecule has 1 aliphatic heterocycles. The van der Waals surface area contributed by atoms with Crippen LogP contribution in [0, 0.1) is 0 Å². The van der Waals surface area contributed by atoms with Crippen LogP contribution >= 0.6 is 11.6 Å². The molecular formula is C22H24ClN3O. The summed E-state index contributed by atoms with van der Waals surface area (Å²) < 4.78 is 7.27. The van der Waals surface area contributed by atoms with Gasteiger partial charge in [0.1, 0.15) is 11.6 Å². The predicted molar refractivity (Wildman–Crippen MR) is 110 cm³/mol. The molecule has 2 aromatic carbocycles. The average molecular weight is 382 g/mol. The summed E-state index contributed by atoms with van der Waals surface area (Å²) in [6.45, 7) is 0.983. The van der Waals surface area contributed by atoms with E-state index in [0.717, 1.165) is 48.1 Å². The fourth-order valence-electron chi connectivity index (χ4n) is 3.62. The Labute approximate surface area is 165 Å². The van der Waals surface area contributed by atoms with Gasteiger partial charge in [0, 0.05) is 17.1 Å². The lowest BCUT2D eigenvalue weighted by Crippen LogP contribution is -2.07. The number of hydrogen-bond donors (Lipinski definition) is 1. The van der Waals surface area contributed by atoms with Gasteiger partial charge < -0.3 is 10.1 Å². The Morgan fingerprint density at radius 1 is 1.11 bits per heavy atom. The third kappa shape index (κ3) is 3.96. The first kappa shape index (κ1) is 17.9. The molecule has 0 bridgehead atoms. The van der Waals surface area contributed by atoms with Gasteiger partial charge in [-0.25, -0.2) is 4.68 Å². The Hall–Kier alpha value is -2.46. The fraction of sp³-hybridized carbons (Fsp3) is 0.318. The standard InChI is InChI=1S/C22H24ClN3O/c1-27-19-11-8-16(9-12-19)10-13-21-20-7-2-3-14-24-22(20)26(25-21)18-6-4-5-17(23)15-18/h4-6,8-9,11-12,15,24H,2-3,7,10,13-14H2,1H3. The van der Waals surface area contributed by atoms with E-state index in [0.29, 0.717) is 0 Å². The highest BCUT2D eigenvalue weighted by molar-refractivity contribution is 6.30. The summed E-state index contributed by atoms with van der Waals surface area (Å²) in [5.41, 5.74) is 4.82. The molecule has 0 radical (unpaired) electrons. The maximum absolute atomic E-state index is 6.21. The number of ether oxygens (including phenoxy) is 1. The SMILES string of the molecule is COc1ccc(CCc2nn(-c3cccc(Cl)c3)c3c2CCCCN3)cc1. The Balaban J connectivity index is 1.63. The highest BCUT2D eigenvalue weighted by Gasteiger charge is 2.20. The zero-order valence-electron chi connectivity index (χ0n) is 15.5. The van der Waals surface area contributed by atoms with E-state index < -0.39 is 0 Å². The number of benzene rings is 2. The first-order chi connectivity index (χ1) is 13.2. The summed E-state index contributed by atoms with van der Waals surface area (Å²) in [6.07, 6.45) is 5.33.